The Labute approximate surface area is 124 Å². The second kappa shape index (κ2) is 6.06. The first-order valence-corrected chi connectivity index (χ1v) is 7.31. The minimum absolute atomic E-state index is 0.0490. The summed E-state index contributed by atoms with van der Waals surface area (Å²) < 4.78 is 14.3. The van der Waals surface area contributed by atoms with Crippen molar-refractivity contribution >= 4 is 28.7 Å². The third-order valence-electron chi connectivity index (χ3n) is 4.14. The van der Waals surface area contributed by atoms with Crippen LogP contribution in [-0.4, -0.2) is 37.6 Å². The SMILES string of the molecule is CCN1CCC(N(C)c2c(N)cc(N)c(Cl)c2F)CC1. The molecule has 1 aliphatic rings. The Bertz CT molecular complexity index is 487. The maximum Gasteiger partial charge on any atom is 0.169 e. The third kappa shape index (κ3) is 2.79. The van der Waals surface area contributed by atoms with Crippen LogP contribution in [0, 0.1) is 5.82 Å². The molecule has 112 valence electrons. The van der Waals surface area contributed by atoms with Crippen LogP contribution >= 0.6 is 11.6 Å². The number of piperidine rings is 1. The quantitative estimate of drug-likeness (QED) is 0.842. The summed E-state index contributed by atoms with van der Waals surface area (Å²) in [5, 5.41) is -0.0490. The molecule has 20 heavy (non-hydrogen) atoms. The number of hydrogen-bond donors (Lipinski definition) is 2. The van der Waals surface area contributed by atoms with E-state index in [2.05, 4.69) is 11.8 Å². The molecule has 6 heteroatoms. The van der Waals surface area contributed by atoms with E-state index < -0.39 is 5.82 Å². The lowest BCUT2D eigenvalue weighted by Crippen LogP contribution is -2.43. The van der Waals surface area contributed by atoms with Gasteiger partial charge >= 0.3 is 0 Å². The zero-order valence-corrected chi connectivity index (χ0v) is 12.8. The van der Waals surface area contributed by atoms with Crippen molar-refractivity contribution < 1.29 is 4.39 Å². The molecule has 1 aromatic carbocycles. The van der Waals surface area contributed by atoms with Gasteiger partial charge in [0.15, 0.2) is 5.82 Å². The highest BCUT2D eigenvalue weighted by Crippen LogP contribution is 2.37. The molecule has 0 unspecified atom stereocenters. The summed E-state index contributed by atoms with van der Waals surface area (Å²) in [7, 11) is 1.87. The maximum absolute atomic E-state index is 14.3. The average Bonchev–Trinajstić information content (AvgIpc) is 2.45. The Morgan fingerprint density at radius 1 is 1.35 bits per heavy atom. The number of benzene rings is 1. The first-order valence-electron chi connectivity index (χ1n) is 6.93. The highest BCUT2D eigenvalue weighted by atomic mass is 35.5. The van der Waals surface area contributed by atoms with Gasteiger partial charge in [0, 0.05) is 26.2 Å². The van der Waals surface area contributed by atoms with Crippen molar-refractivity contribution in [2.24, 2.45) is 0 Å². The number of likely N-dealkylation sites (tertiary alicyclic amines) is 1. The van der Waals surface area contributed by atoms with E-state index in [4.69, 9.17) is 23.1 Å². The van der Waals surface area contributed by atoms with Crippen molar-refractivity contribution in [3.8, 4) is 0 Å². The van der Waals surface area contributed by atoms with Gasteiger partial charge in [0.1, 0.15) is 5.02 Å². The smallest absolute Gasteiger partial charge is 0.169 e. The van der Waals surface area contributed by atoms with Crippen LogP contribution in [-0.2, 0) is 0 Å². The Hall–Kier alpha value is -1.20. The molecule has 1 aliphatic heterocycles. The maximum atomic E-state index is 14.3. The highest BCUT2D eigenvalue weighted by molar-refractivity contribution is 6.33. The molecular weight excluding hydrogens is 279 g/mol. The van der Waals surface area contributed by atoms with Crippen LogP contribution in [0.3, 0.4) is 0 Å². The van der Waals surface area contributed by atoms with Gasteiger partial charge in [-0.25, -0.2) is 4.39 Å². The average molecular weight is 301 g/mol. The van der Waals surface area contributed by atoms with Gasteiger partial charge in [-0.15, -0.1) is 0 Å². The van der Waals surface area contributed by atoms with Crippen molar-refractivity contribution in [2.45, 2.75) is 25.8 Å². The number of hydrogen-bond acceptors (Lipinski definition) is 4. The van der Waals surface area contributed by atoms with Crippen LogP contribution in [0.2, 0.25) is 5.02 Å². The molecule has 0 radical (unpaired) electrons. The largest absolute Gasteiger partial charge is 0.397 e. The Balaban J connectivity index is 2.22. The summed E-state index contributed by atoms with van der Waals surface area (Å²) in [5.74, 6) is -0.524. The Kier molecular flexibility index (Phi) is 4.60. The van der Waals surface area contributed by atoms with E-state index in [-0.39, 0.29) is 16.8 Å². The van der Waals surface area contributed by atoms with E-state index in [9.17, 15) is 4.39 Å². The molecule has 0 bridgehead atoms. The lowest BCUT2D eigenvalue weighted by Gasteiger charge is -2.38. The number of nitrogens with zero attached hydrogens (tertiary/aromatic N) is 2. The third-order valence-corrected chi connectivity index (χ3v) is 4.53. The minimum Gasteiger partial charge on any atom is -0.397 e. The van der Waals surface area contributed by atoms with Gasteiger partial charge in [-0.3, -0.25) is 0 Å². The van der Waals surface area contributed by atoms with Crippen molar-refractivity contribution in [3.63, 3.8) is 0 Å². The second-order valence-corrected chi connectivity index (χ2v) is 5.69. The van der Waals surface area contributed by atoms with Gasteiger partial charge in [-0.05, 0) is 25.5 Å². The molecule has 0 atom stereocenters. The van der Waals surface area contributed by atoms with Gasteiger partial charge in [-0.1, -0.05) is 18.5 Å². The van der Waals surface area contributed by atoms with E-state index in [0.717, 1.165) is 32.5 Å². The molecule has 2 rings (SSSR count). The number of nitrogen functional groups attached to an aromatic ring is 2. The second-order valence-electron chi connectivity index (χ2n) is 5.31. The molecular formula is C14H22ClFN4. The highest BCUT2D eigenvalue weighted by Gasteiger charge is 2.26. The van der Waals surface area contributed by atoms with Gasteiger partial charge < -0.3 is 21.3 Å². The molecule has 1 saturated heterocycles. The van der Waals surface area contributed by atoms with E-state index >= 15 is 0 Å². The molecule has 4 N–H and O–H groups in total. The predicted octanol–water partition coefficient (Wildman–Crippen LogP) is 2.56. The fourth-order valence-electron chi connectivity index (χ4n) is 2.82. The van der Waals surface area contributed by atoms with Crippen molar-refractivity contribution in [1.82, 2.24) is 4.90 Å². The number of anilines is 3. The molecule has 0 amide bonds. The van der Waals surface area contributed by atoms with E-state index in [1.54, 1.807) is 0 Å². The number of halogens is 2. The molecule has 1 aromatic rings. The van der Waals surface area contributed by atoms with Crippen molar-refractivity contribution in [3.05, 3.63) is 16.9 Å². The molecule has 0 aliphatic carbocycles. The zero-order valence-electron chi connectivity index (χ0n) is 12.0. The van der Waals surface area contributed by atoms with Gasteiger partial charge in [0.25, 0.3) is 0 Å². The normalized spacial score (nSPS) is 17.4. The van der Waals surface area contributed by atoms with Crippen LogP contribution < -0.4 is 16.4 Å². The fraction of sp³-hybridized carbons (Fsp3) is 0.571. The van der Waals surface area contributed by atoms with Crippen LogP contribution in [0.1, 0.15) is 19.8 Å². The summed E-state index contributed by atoms with van der Waals surface area (Å²) in [5.41, 5.74) is 12.4. The van der Waals surface area contributed by atoms with Gasteiger partial charge in [-0.2, -0.15) is 0 Å². The molecule has 0 saturated carbocycles. The lowest BCUT2D eigenvalue weighted by molar-refractivity contribution is 0.220. The predicted molar refractivity (Wildman–Crippen MR) is 83.8 cm³/mol. The lowest BCUT2D eigenvalue weighted by atomic mass is 10.0. The fourth-order valence-corrected chi connectivity index (χ4v) is 2.96. The molecule has 1 fully saturated rings. The summed E-state index contributed by atoms with van der Waals surface area (Å²) in [4.78, 5) is 4.29. The standard InChI is InChI=1S/C14H22ClFN4/c1-3-20-6-4-9(5-7-20)19(2)14-11(18)8-10(17)12(15)13(14)16/h8-9H,3-7,17-18H2,1-2H3. The summed E-state index contributed by atoms with van der Waals surface area (Å²) in [6, 6.07) is 1.80. The Morgan fingerprint density at radius 2 is 1.95 bits per heavy atom. The van der Waals surface area contributed by atoms with Gasteiger partial charge in [0.05, 0.1) is 17.1 Å². The van der Waals surface area contributed by atoms with Crippen LogP contribution in [0.25, 0.3) is 0 Å². The summed E-state index contributed by atoms with van der Waals surface area (Å²) >= 11 is 5.89. The summed E-state index contributed by atoms with van der Waals surface area (Å²) in [6.45, 7) is 5.26. The van der Waals surface area contributed by atoms with Crippen molar-refractivity contribution in [2.75, 3.05) is 43.0 Å². The van der Waals surface area contributed by atoms with E-state index in [1.807, 2.05) is 11.9 Å². The first kappa shape index (κ1) is 15.2. The van der Waals surface area contributed by atoms with E-state index in [0.29, 0.717) is 11.4 Å². The van der Waals surface area contributed by atoms with Crippen LogP contribution in [0.4, 0.5) is 21.5 Å². The molecule has 1 heterocycles. The number of nitrogens with two attached hydrogens (primary N) is 2. The van der Waals surface area contributed by atoms with Crippen LogP contribution in [0.15, 0.2) is 6.07 Å². The zero-order chi connectivity index (χ0) is 14.9. The molecule has 4 nitrogen and oxygen atoms in total. The summed E-state index contributed by atoms with van der Waals surface area (Å²) in [6.07, 6.45) is 1.98. The number of rotatable bonds is 3. The molecule has 0 spiro atoms. The van der Waals surface area contributed by atoms with E-state index in [1.165, 1.54) is 6.07 Å². The minimum atomic E-state index is -0.524. The van der Waals surface area contributed by atoms with Crippen molar-refractivity contribution in [1.29, 1.82) is 0 Å². The topological polar surface area (TPSA) is 58.5 Å². The van der Waals surface area contributed by atoms with Gasteiger partial charge in [0.2, 0.25) is 0 Å². The molecule has 0 aromatic heterocycles. The Morgan fingerprint density at radius 3 is 2.50 bits per heavy atom. The monoisotopic (exact) mass is 300 g/mol. The van der Waals surface area contributed by atoms with Crippen LogP contribution in [0.5, 0.6) is 0 Å². The first-order chi connectivity index (χ1) is 9.45.